The molecule has 4 heteroatoms. The first-order valence-electron chi connectivity index (χ1n) is 7.90. The Morgan fingerprint density at radius 3 is 2.56 bits per heavy atom. The van der Waals surface area contributed by atoms with Gasteiger partial charge in [0.1, 0.15) is 11.5 Å². The molecule has 122 valence electrons. The summed E-state index contributed by atoms with van der Waals surface area (Å²) in [5.74, 6) is 0.170. The van der Waals surface area contributed by atoms with Gasteiger partial charge in [-0.15, -0.1) is 0 Å². The van der Waals surface area contributed by atoms with Crippen LogP contribution >= 0.6 is 0 Å². The van der Waals surface area contributed by atoms with E-state index in [9.17, 15) is 9.90 Å². The van der Waals surface area contributed by atoms with E-state index < -0.39 is 5.97 Å². The molecule has 0 saturated heterocycles. The normalized spacial score (nSPS) is 11.5. The molecule has 4 rings (SSSR count). The molecule has 0 spiro atoms. The molecule has 1 heterocycles. The first-order chi connectivity index (χ1) is 12.1. The smallest absolute Gasteiger partial charge is 0.335 e. The number of phenolic OH excluding ortho intramolecular Hbond substituents is 1. The van der Waals surface area contributed by atoms with Crippen molar-refractivity contribution in [1.82, 2.24) is 4.98 Å². The van der Waals surface area contributed by atoms with E-state index in [1.54, 1.807) is 12.1 Å². The van der Waals surface area contributed by atoms with Gasteiger partial charge in [-0.2, -0.15) is 0 Å². The highest BCUT2D eigenvalue weighted by Gasteiger charge is 2.19. The third-order valence-electron chi connectivity index (χ3n) is 4.28. The first kappa shape index (κ1) is 15.1. The van der Waals surface area contributed by atoms with Gasteiger partial charge < -0.3 is 9.84 Å². The minimum absolute atomic E-state index is 0.290. The van der Waals surface area contributed by atoms with Crippen molar-refractivity contribution in [3.63, 3.8) is 0 Å². The Kier molecular flexibility index (Phi) is 3.58. The van der Waals surface area contributed by atoms with Gasteiger partial charge in [-0.1, -0.05) is 24.8 Å². The zero-order chi connectivity index (χ0) is 17.4. The van der Waals surface area contributed by atoms with E-state index in [0.29, 0.717) is 5.75 Å². The molecule has 0 saturated carbocycles. The lowest BCUT2D eigenvalue weighted by Crippen LogP contribution is -2.03. The Hall–Kier alpha value is -3.40. The predicted molar refractivity (Wildman–Crippen MR) is 95.4 cm³/mol. The van der Waals surface area contributed by atoms with Crippen LogP contribution in [0.4, 0.5) is 0 Å². The number of aromatic hydroxyl groups is 1. The number of aromatic nitrogens is 1. The quantitative estimate of drug-likeness (QED) is 0.454. The summed E-state index contributed by atoms with van der Waals surface area (Å²) in [6.45, 7) is 3.37. The van der Waals surface area contributed by atoms with Crippen LogP contribution in [0.25, 0.3) is 22.4 Å². The maximum atomic E-state index is 11.2. The summed E-state index contributed by atoms with van der Waals surface area (Å²) in [4.78, 5) is 15.6. The number of benzene rings is 2. The molecule has 0 amide bonds. The van der Waals surface area contributed by atoms with Crippen LogP contribution in [0, 0.1) is 0 Å². The maximum Gasteiger partial charge on any atom is 0.335 e. The molecule has 1 aromatic heterocycles. The van der Waals surface area contributed by atoms with Gasteiger partial charge in [-0.25, -0.2) is 4.79 Å². The molecule has 0 fully saturated rings. The van der Waals surface area contributed by atoms with Crippen LogP contribution in [0.5, 0.6) is 11.5 Å². The lowest BCUT2D eigenvalue weighted by Gasteiger charge is -2.06. The topological polar surface area (TPSA) is 59.4 Å². The van der Waals surface area contributed by atoms with Crippen LogP contribution < -0.4 is 4.74 Å². The zero-order valence-electron chi connectivity index (χ0n) is 13.4. The summed E-state index contributed by atoms with van der Waals surface area (Å²) in [5.41, 5.74) is 6.50. The Morgan fingerprint density at radius 2 is 1.84 bits per heavy atom. The lowest BCUT2D eigenvalue weighted by molar-refractivity contribution is -0.128. The van der Waals surface area contributed by atoms with Crippen LogP contribution in [0.2, 0.25) is 0 Å². The highest BCUT2D eigenvalue weighted by molar-refractivity contribution is 5.83. The molecule has 25 heavy (non-hydrogen) atoms. The Morgan fingerprint density at radius 1 is 1.08 bits per heavy atom. The van der Waals surface area contributed by atoms with Crippen LogP contribution in [0.3, 0.4) is 0 Å². The Bertz CT molecular complexity index is 991. The maximum absolute atomic E-state index is 11.2. The highest BCUT2D eigenvalue weighted by Crippen LogP contribution is 2.39. The second-order valence-electron chi connectivity index (χ2n) is 5.89. The first-order valence-corrected chi connectivity index (χ1v) is 7.90. The molecule has 0 bridgehead atoms. The number of esters is 1. The number of carbonyl (C=O) groups is 1. The number of fused-ring (bicyclic) bond motifs is 3. The number of ether oxygens (including phenoxy) is 1. The van der Waals surface area contributed by atoms with Gasteiger partial charge in [0.2, 0.25) is 0 Å². The molecule has 0 unspecified atom stereocenters. The van der Waals surface area contributed by atoms with Gasteiger partial charge in [-0.3, -0.25) is 4.98 Å². The number of nitrogens with zero attached hydrogens (tertiary/aromatic N) is 1. The van der Waals surface area contributed by atoms with Gasteiger partial charge in [0.05, 0.1) is 11.9 Å². The number of hydrogen-bond acceptors (Lipinski definition) is 4. The summed E-state index contributed by atoms with van der Waals surface area (Å²) < 4.78 is 5.04. The second kappa shape index (κ2) is 5.91. The molecule has 1 aliphatic carbocycles. The van der Waals surface area contributed by atoms with Crippen molar-refractivity contribution in [2.45, 2.75) is 6.42 Å². The molecule has 0 atom stereocenters. The SMILES string of the molecule is C=CC(=O)Oc1ccc(-c2ccc3c(c2)Cc2cc(O)ccc2-3)nc1. The van der Waals surface area contributed by atoms with E-state index in [1.807, 2.05) is 24.3 Å². The Balaban J connectivity index is 1.63. The van der Waals surface area contributed by atoms with Gasteiger partial charge >= 0.3 is 5.97 Å². The monoisotopic (exact) mass is 329 g/mol. The molecule has 1 aliphatic rings. The fourth-order valence-electron chi connectivity index (χ4n) is 3.13. The number of hydrogen-bond donors (Lipinski definition) is 1. The van der Waals surface area contributed by atoms with Gasteiger partial charge in [0.25, 0.3) is 0 Å². The fourth-order valence-corrected chi connectivity index (χ4v) is 3.13. The lowest BCUT2D eigenvalue weighted by atomic mass is 10.0. The number of carbonyl (C=O) groups excluding carboxylic acids is 1. The minimum atomic E-state index is -0.506. The molecule has 0 radical (unpaired) electrons. The standard InChI is InChI=1S/C21H15NO3/c1-2-21(24)25-17-5-8-20(22-12-17)13-3-6-18-14(9-13)10-15-11-16(23)4-7-19(15)18/h2-9,11-12,23H,1,10H2. The van der Waals surface area contributed by atoms with Crippen molar-refractivity contribution in [3.8, 4) is 33.9 Å². The molecule has 4 nitrogen and oxygen atoms in total. The van der Waals surface area contributed by atoms with Crippen molar-refractivity contribution in [1.29, 1.82) is 0 Å². The summed E-state index contributed by atoms with van der Waals surface area (Å²) in [6, 6.07) is 15.2. The van der Waals surface area contributed by atoms with Crippen LogP contribution in [-0.2, 0) is 11.2 Å². The number of rotatable bonds is 3. The third-order valence-corrected chi connectivity index (χ3v) is 4.28. The average Bonchev–Trinajstić information content (AvgIpc) is 2.98. The van der Waals surface area contributed by atoms with Crippen LogP contribution in [-0.4, -0.2) is 16.1 Å². The summed E-state index contributed by atoms with van der Waals surface area (Å²) in [7, 11) is 0. The van der Waals surface area contributed by atoms with E-state index in [-0.39, 0.29) is 5.75 Å². The van der Waals surface area contributed by atoms with E-state index in [4.69, 9.17) is 4.74 Å². The molecule has 0 aliphatic heterocycles. The molecule has 3 aromatic rings. The fraction of sp³-hybridized carbons (Fsp3) is 0.0476. The van der Waals surface area contributed by atoms with Crippen molar-refractivity contribution in [2.75, 3.05) is 0 Å². The van der Waals surface area contributed by atoms with Crippen LogP contribution in [0.1, 0.15) is 11.1 Å². The molecular formula is C21H15NO3. The van der Waals surface area contributed by atoms with Crippen molar-refractivity contribution < 1.29 is 14.6 Å². The van der Waals surface area contributed by atoms with Gasteiger partial charge in [0, 0.05) is 11.6 Å². The van der Waals surface area contributed by atoms with E-state index in [2.05, 4.69) is 23.7 Å². The summed E-state index contributed by atoms with van der Waals surface area (Å²) >= 11 is 0. The Labute approximate surface area is 145 Å². The average molecular weight is 329 g/mol. The molecule has 2 aromatic carbocycles. The molecule has 1 N–H and O–H groups in total. The zero-order valence-corrected chi connectivity index (χ0v) is 13.4. The third kappa shape index (κ3) is 2.78. The number of pyridine rings is 1. The van der Waals surface area contributed by atoms with Crippen molar-refractivity contribution in [2.24, 2.45) is 0 Å². The summed E-state index contributed by atoms with van der Waals surface area (Å²) in [5, 5.41) is 9.66. The van der Waals surface area contributed by atoms with Crippen molar-refractivity contribution >= 4 is 5.97 Å². The molecular weight excluding hydrogens is 314 g/mol. The predicted octanol–water partition coefficient (Wildman–Crippen LogP) is 4.12. The van der Waals surface area contributed by atoms with E-state index >= 15 is 0 Å². The van der Waals surface area contributed by atoms with Crippen molar-refractivity contribution in [3.05, 3.63) is 78.5 Å². The van der Waals surface area contributed by atoms with E-state index in [1.165, 1.54) is 22.9 Å². The number of phenols is 1. The summed E-state index contributed by atoms with van der Waals surface area (Å²) in [6.07, 6.45) is 3.43. The van der Waals surface area contributed by atoms with Gasteiger partial charge in [-0.05, 0) is 59.0 Å². The minimum Gasteiger partial charge on any atom is -0.508 e. The highest BCUT2D eigenvalue weighted by atomic mass is 16.5. The second-order valence-corrected chi connectivity index (χ2v) is 5.89. The van der Waals surface area contributed by atoms with Crippen LogP contribution in [0.15, 0.2) is 67.4 Å². The largest absolute Gasteiger partial charge is 0.508 e. The van der Waals surface area contributed by atoms with Gasteiger partial charge in [0.15, 0.2) is 0 Å². The van der Waals surface area contributed by atoms with E-state index in [0.717, 1.165) is 29.3 Å².